The molecule has 0 bridgehead atoms. The molecular weight excluding hydrogens is 404 g/mol. The van der Waals surface area contributed by atoms with Crippen LogP contribution in [0.1, 0.15) is 35.4 Å². The average Bonchev–Trinajstić information content (AvgIpc) is 3.51. The minimum atomic E-state index is -0.311. The van der Waals surface area contributed by atoms with Crippen LogP contribution >= 0.6 is 11.8 Å². The lowest BCUT2D eigenvalue weighted by Gasteiger charge is -2.19. The average molecular weight is 422 g/mol. The van der Waals surface area contributed by atoms with Crippen LogP contribution in [-0.4, -0.2) is 42.0 Å². The van der Waals surface area contributed by atoms with Crippen molar-refractivity contribution < 1.29 is 13.6 Å². The highest BCUT2D eigenvalue weighted by molar-refractivity contribution is 7.99. The van der Waals surface area contributed by atoms with Crippen molar-refractivity contribution in [3.05, 3.63) is 65.8 Å². The number of amides is 1. The number of aryl methyl sites for hydroxylation is 2. The molecule has 4 aromatic heterocycles. The molecule has 1 unspecified atom stereocenters. The lowest BCUT2D eigenvalue weighted by Crippen LogP contribution is -2.28. The van der Waals surface area contributed by atoms with Crippen LogP contribution in [0.2, 0.25) is 0 Å². The number of aromatic nitrogens is 4. The van der Waals surface area contributed by atoms with Crippen LogP contribution < -0.4 is 0 Å². The van der Waals surface area contributed by atoms with Gasteiger partial charge in [-0.1, -0.05) is 11.8 Å². The van der Waals surface area contributed by atoms with Gasteiger partial charge in [-0.2, -0.15) is 10.1 Å². The molecule has 9 nitrogen and oxygen atoms in total. The van der Waals surface area contributed by atoms with Gasteiger partial charge < -0.3 is 8.83 Å². The number of fused-ring (bicyclic) bond motifs is 1. The Kier molecular flexibility index (Phi) is 4.62. The molecule has 0 aliphatic carbocycles. The summed E-state index contributed by atoms with van der Waals surface area (Å²) in [5.74, 6) is 1.83. The number of furan rings is 2. The summed E-state index contributed by atoms with van der Waals surface area (Å²) in [6.07, 6.45) is 3.70. The lowest BCUT2D eigenvalue weighted by molar-refractivity contribution is -0.130. The smallest absolute Gasteiger partial charge is 0.253 e. The van der Waals surface area contributed by atoms with Gasteiger partial charge in [-0.25, -0.2) is 14.5 Å². The first kappa shape index (κ1) is 18.6. The number of hydrogen-bond acceptors (Lipinski definition) is 8. The fraction of sp³-hybridized carbons (Fsp3) is 0.250. The van der Waals surface area contributed by atoms with E-state index in [1.165, 1.54) is 16.8 Å². The van der Waals surface area contributed by atoms with Gasteiger partial charge >= 0.3 is 0 Å². The highest BCUT2D eigenvalue weighted by atomic mass is 32.2. The zero-order valence-corrected chi connectivity index (χ0v) is 17.2. The molecule has 152 valence electrons. The van der Waals surface area contributed by atoms with Crippen LogP contribution in [0.4, 0.5) is 0 Å². The largest absolute Gasteiger partial charge is 0.467 e. The molecule has 1 aliphatic heterocycles. The molecule has 0 N–H and O–H groups in total. The van der Waals surface area contributed by atoms with E-state index in [0.29, 0.717) is 34.6 Å². The molecule has 0 aromatic carbocycles. The Bertz CT molecular complexity index is 1230. The van der Waals surface area contributed by atoms with Crippen molar-refractivity contribution in [1.82, 2.24) is 24.6 Å². The number of nitrogens with zero attached hydrogens (tertiary/aromatic N) is 6. The highest BCUT2D eigenvalue weighted by Gasteiger charge is 2.35. The van der Waals surface area contributed by atoms with E-state index in [4.69, 9.17) is 8.83 Å². The molecule has 10 heteroatoms. The van der Waals surface area contributed by atoms with Gasteiger partial charge in [-0.15, -0.1) is 5.10 Å². The van der Waals surface area contributed by atoms with Gasteiger partial charge in [0.2, 0.25) is 5.16 Å². The zero-order chi connectivity index (χ0) is 20.7. The van der Waals surface area contributed by atoms with Gasteiger partial charge in [-0.3, -0.25) is 4.79 Å². The second kappa shape index (κ2) is 7.45. The number of hydrogen-bond donors (Lipinski definition) is 0. The van der Waals surface area contributed by atoms with Crippen LogP contribution in [0.15, 0.2) is 62.0 Å². The van der Waals surface area contributed by atoms with Crippen molar-refractivity contribution in [2.75, 3.05) is 5.75 Å². The van der Waals surface area contributed by atoms with Crippen molar-refractivity contribution >= 4 is 29.2 Å². The summed E-state index contributed by atoms with van der Waals surface area (Å²) in [5.41, 5.74) is 2.52. The summed E-state index contributed by atoms with van der Waals surface area (Å²) in [5, 5.41) is 10.9. The highest BCUT2D eigenvalue weighted by Crippen LogP contribution is 2.33. The van der Waals surface area contributed by atoms with E-state index < -0.39 is 0 Å². The number of hydrazone groups is 1. The molecule has 1 atom stereocenters. The van der Waals surface area contributed by atoms with Gasteiger partial charge in [0.25, 0.3) is 11.7 Å². The minimum absolute atomic E-state index is 0.140. The third-order valence-electron chi connectivity index (χ3n) is 4.77. The summed E-state index contributed by atoms with van der Waals surface area (Å²) in [6.45, 7) is 3.85. The van der Waals surface area contributed by atoms with Crippen molar-refractivity contribution in [3.8, 4) is 0 Å². The Hall–Kier alpha value is -3.40. The molecule has 0 radical (unpaired) electrons. The maximum atomic E-state index is 13.0. The first-order valence-electron chi connectivity index (χ1n) is 9.39. The number of carbonyl (C=O) groups excluding carboxylic acids is 1. The molecule has 5 heterocycles. The van der Waals surface area contributed by atoms with Crippen LogP contribution in [0, 0.1) is 13.8 Å². The Morgan fingerprint density at radius 2 is 2.03 bits per heavy atom. The Balaban J connectivity index is 1.36. The van der Waals surface area contributed by atoms with Crippen molar-refractivity contribution in [2.24, 2.45) is 5.10 Å². The maximum absolute atomic E-state index is 13.0. The molecule has 30 heavy (non-hydrogen) atoms. The monoisotopic (exact) mass is 422 g/mol. The third-order valence-corrected chi connectivity index (χ3v) is 5.59. The van der Waals surface area contributed by atoms with Gasteiger partial charge in [0.1, 0.15) is 23.3 Å². The number of thioether (sulfide) groups is 1. The SMILES string of the molecule is Cc1cc(C)n2nc(SCC(=O)N3N=C(c4ccco4)CC3c3ccco3)nc2n1. The van der Waals surface area contributed by atoms with E-state index in [-0.39, 0.29) is 17.7 Å². The van der Waals surface area contributed by atoms with Gasteiger partial charge in [0.15, 0.2) is 0 Å². The molecule has 1 amide bonds. The first-order valence-corrected chi connectivity index (χ1v) is 10.4. The van der Waals surface area contributed by atoms with Crippen molar-refractivity contribution in [1.29, 1.82) is 0 Å². The summed E-state index contributed by atoms with van der Waals surface area (Å²) in [4.78, 5) is 21.8. The standard InChI is InChI=1S/C20H18N6O3S/c1-12-9-13(2)25-19(21-12)22-20(24-25)30-11-18(27)26-15(17-6-4-8-29-17)10-14(23-26)16-5-3-7-28-16/h3-9,15H,10-11H2,1-2H3. The van der Waals surface area contributed by atoms with Crippen molar-refractivity contribution in [2.45, 2.75) is 31.5 Å². The molecule has 0 fully saturated rings. The first-order chi connectivity index (χ1) is 14.6. The third kappa shape index (κ3) is 3.39. The van der Waals surface area contributed by atoms with E-state index >= 15 is 0 Å². The summed E-state index contributed by atoms with van der Waals surface area (Å²) < 4.78 is 12.7. The Labute approximate surface area is 175 Å². The Morgan fingerprint density at radius 1 is 1.20 bits per heavy atom. The van der Waals surface area contributed by atoms with E-state index in [2.05, 4.69) is 20.2 Å². The second-order valence-corrected chi connectivity index (χ2v) is 7.87. The fourth-order valence-corrected chi connectivity index (χ4v) is 4.11. The topological polar surface area (TPSA) is 102 Å². The van der Waals surface area contributed by atoms with E-state index in [1.807, 2.05) is 32.0 Å². The van der Waals surface area contributed by atoms with E-state index in [9.17, 15) is 4.79 Å². The summed E-state index contributed by atoms with van der Waals surface area (Å²) >= 11 is 1.26. The molecule has 1 aliphatic rings. The molecule has 5 rings (SSSR count). The fourth-order valence-electron chi connectivity index (χ4n) is 3.44. The van der Waals surface area contributed by atoms with E-state index in [0.717, 1.165) is 11.4 Å². The predicted octanol–water partition coefficient (Wildman–Crippen LogP) is 3.40. The zero-order valence-electron chi connectivity index (χ0n) is 16.3. The van der Waals surface area contributed by atoms with Gasteiger partial charge in [0, 0.05) is 17.8 Å². The maximum Gasteiger partial charge on any atom is 0.253 e. The molecular formula is C20H18N6O3S. The lowest BCUT2D eigenvalue weighted by atomic mass is 10.1. The molecule has 0 spiro atoms. The Morgan fingerprint density at radius 3 is 2.80 bits per heavy atom. The summed E-state index contributed by atoms with van der Waals surface area (Å²) in [6, 6.07) is 8.90. The van der Waals surface area contributed by atoms with Crippen LogP contribution in [0.3, 0.4) is 0 Å². The normalized spacial score (nSPS) is 16.4. The quantitative estimate of drug-likeness (QED) is 0.454. The van der Waals surface area contributed by atoms with Crippen LogP contribution in [-0.2, 0) is 4.79 Å². The summed E-state index contributed by atoms with van der Waals surface area (Å²) in [7, 11) is 0. The van der Waals surface area contributed by atoms with E-state index in [1.54, 1.807) is 29.2 Å². The number of rotatable bonds is 5. The number of carbonyl (C=O) groups is 1. The molecule has 4 aromatic rings. The predicted molar refractivity (Wildman–Crippen MR) is 109 cm³/mol. The van der Waals surface area contributed by atoms with Crippen LogP contribution in [0.5, 0.6) is 0 Å². The minimum Gasteiger partial charge on any atom is -0.467 e. The van der Waals surface area contributed by atoms with Gasteiger partial charge in [0.05, 0.1) is 18.3 Å². The molecule has 0 saturated carbocycles. The van der Waals surface area contributed by atoms with Crippen LogP contribution in [0.25, 0.3) is 5.78 Å². The van der Waals surface area contributed by atoms with Crippen molar-refractivity contribution in [3.63, 3.8) is 0 Å². The van der Waals surface area contributed by atoms with Gasteiger partial charge in [-0.05, 0) is 44.2 Å². The molecule has 0 saturated heterocycles. The second-order valence-electron chi connectivity index (χ2n) is 6.93.